The summed E-state index contributed by atoms with van der Waals surface area (Å²) >= 11 is 11.9. The highest BCUT2D eigenvalue weighted by molar-refractivity contribution is 6.39. The minimum absolute atomic E-state index is 0.00130. The first-order valence-corrected chi connectivity index (χ1v) is 6.19. The minimum atomic E-state index is -0.537. The molecule has 0 aliphatic rings. The molecule has 100 valence electrons. The van der Waals surface area contributed by atoms with E-state index in [1.165, 1.54) is 12.1 Å². The summed E-state index contributed by atoms with van der Waals surface area (Å²) in [5.74, 6) is 0. The number of ether oxygens (including phenoxy) is 1. The van der Waals surface area contributed by atoms with Crippen molar-refractivity contribution in [1.29, 1.82) is 0 Å². The normalized spacial score (nSPS) is 12.2. The second-order valence-electron chi connectivity index (χ2n) is 3.75. The zero-order chi connectivity index (χ0) is 13.7. The fraction of sp³-hybridized carbons (Fsp3) is 0.455. The van der Waals surface area contributed by atoms with Crippen molar-refractivity contribution >= 4 is 34.6 Å². The fourth-order valence-electron chi connectivity index (χ4n) is 1.39. The van der Waals surface area contributed by atoms with Gasteiger partial charge in [-0.15, -0.1) is 0 Å². The molecule has 1 unspecified atom stereocenters. The van der Waals surface area contributed by atoms with E-state index in [-0.39, 0.29) is 21.8 Å². The monoisotopic (exact) mass is 292 g/mol. The molecular formula is C11H14Cl2N2O3. The lowest BCUT2D eigenvalue weighted by atomic mass is 10.2. The number of hydrogen-bond acceptors (Lipinski definition) is 4. The first-order valence-electron chi connectivity index (χ1n) is 5.43. The van der Waals surface area contributed by atoms with Crippen molar-refractivity contribution in [3.05, 3.63) is 32.3 Å². The molecule has 5 nitrogen and oxygen atoms in total. The largest absolute Gasteiger partial charge is 0.380 e. The van der Waals surface area contributed by atoms with E-state index in [0.717, 1.165) is 0 Å². The van der Waals surface area contributed by atoms with Crippen molar-refractivity contribution in [2.45, 2.75) is 19.9 Å². The van der Waals surface area contributed by atoms with Gasteiger partial charge in [-0.3, -0.25) is 10.1 Å². The van der Waals surface area contributed by atoms with E-state index in [2.05, 4.69) is 5.32 Å². The van der Waals surface area contributed by atoms with Gasteiger partial charge in [0.1, 0.15) is 0 Å². The number of nitrogens with zero attached hydrogens (tertiary/aromatic N) is 1. The van der Waals surface area contributed by atoms with Gasteiger partial charge < -0.3 is 10.1 Å². The molecule has 0 fully saturated rings. The molecule has 1 rings (SSSR count). The molecular weight excluding hydrogens is 279 g/mol. The highest BCUT2D eigenvalue weighted by Crippen LogP contribution is 2.35. The molecule has 7 heteroatoms. The summed E-state index contributed by atoms with van der Waals surface area (Å²) in [6.45, 7) is 4.93. The number of rotatable bonds is 6. The van der Waals surface area contributed by atoms with Gasteiger partial charge in [0.25, 0.3) is 5.69 Å². The first kappa shape index (κ1) is 15.0. The SMILES string of the molecule is CCOCC(C)Nc1c(Cl)cc([N+](=O)[O-])cc1Cl. The minimum Gasteiger partial charge on any atom is -0.380 e. The summed E-state index contributed by atoms with van der Waals surface area (Å²) in [6, 6.07) is 2.54. The van der Waals surface area contributed by atoms with E-state index in [0.29, 0.717) is 18.9 Å². The van der Waals surface area contributed by atoms with E-state index < -0.39 is 4.92 Å². The molecule has 0 aliphatic heterocycles. The zero-order valence-electron chi connectivity index (χ0n) is 10.1. The van der Waals surface area contributed by atoms with Crippen LogP contribution in [0.5, 0.6) is 0 Å². The van der Waals surface area contributed by atoms with Crippen molar-refractivity contribution < 1.29 is 9.66 Å². The molecule has 0 aliphatic carbocycles. The van der Waals surface area contributed by atoms with Gasteiger partial charge in [-0.2, -0.15) is 0 Å². The van der Waals surface area contributed by atoms with Crippen molar-refractivity contribution in [3.63, 3.8) is 0 Å². The Morgan fingerprint density at radius 1 is 1.44 bits per heavy atom. The van der Waals surface area contributed by atoms with Crippen molar-refractivity contribution in [2.24, 2.45) is 0 Å². The second kappa shape index (κ2) is 6.78. The molecule has 0 saturated heterocycles. The van der Waals surface area contributed by atoms with Crippen LogP contribution < -0.4 is 5.32 Å². The van der Waals surface area contributed by atoms with Crippen LogP contribution in [0.3, 0.4) is 0 Å². The second-order valence-corrected chi connectivity index (χ2v) is 4.56. The Kier molecular flexibility index (Phi) is 5.65. The van der Waals surface area contributed by atoms with Crippen molar-refractivity contribution in [3.8, 4) is 0 Å². The molecule has 0 spiro atoms. The fourth-order valence-corrected chi connectivity index (χ4v) is 1.97. The van der Waals surface area contributed by atoms with Crippen LogP contribution >= 0.6 is 23.2 Å². The molecule has 0 aromatic heterocycles. The van der Waals surface area contributed by atoms with Crippen LogP contribution in [0.25, 0.3) is 0 Å². The highest BCUT2D eigenvalue weighted by Gasteiger charge is 2.15. The summed E-state index contributed by atoms with van der Waals surface area (Å²) in [5.41, 5.74) is 0.351. The number of anilines is 1. The first-order chi connectivity index (χ1) is 8.45. The number of nitrogens with one attached hydrogen (secondary N) is 1. The molecule has 1 atom stereocenters. The number of halogens is 2. The summed E-state index contributed by atoms with van der Waals surface area (Å²) in [4.78, 5) is 10.1. The number of nitro benzene ring substituents is 1. The zero-order valence-corrected chi connectivity index (χ0v) is 11.6. The van der Waals surface area contributed by atoms with Crippen molar-refractivity contribution in [2.75, 3.05) is 18.5 Å². The van der Waals surface area contributed by atoms with Gasteiger partial charge in [-0.05, 0) is 13.8 Å². The van der Waals surface area contributed by atoms with Crippen LogP contribution in [0, 0.1) is 10.1 Å². The summed E-state index contributed by atoms with van der Waals surface area (Å²) < 4.78 is 5.25. The average Bonchev–Trinajstić information content (AvgIpc) is 2.30. The third-order valence-electron chi connectivity index (χ3n) is 2.20. The van der Waals surface area contributed by atoms with Gasteiger partial charge in [0.2, 0.25) is 0 Å². The predicted molar refractivity (Wildman–Crippen MR) is 72.7 cm³/mol. The molecule has 0 radical (unpaired) electrons. The standard InChI is InChI=1S/C11H14Cl2N2O3/c1-3-18-6-7(2)14-11-9(12)4-8(15(16)17)5-10(11)13/h4-5,7,14H,3,6H2,1-2H3. The van der Waals surface area contributed by atoms with Gasteiger partial charge in [0.15, 0.2) is 0 Å². The van der Waals surface area contributed by atoms with Gasteiger partial charge in [-0.25, -0.2) is 0 Å². The van der Waals surface area contributed by atoms with Crippen LogP contribution in [-0.4, -0.2) is 24.2 Å². The Labute approximate surface area is 115 Å². The lowest BCUT2D eigenvalue weighted by Gasteiger charge is -2.17. The topological polar surface area (TPSA) is 64.4 Å². The van der Waals surface area contributed by atoms with Crippen LogP contribution in [0.1, 0.15) is 13.8 Å². The average molecular weight is 293 g/mol. The number of benzene rings is 1. The summed E-state index contributed by atoms with van der Waals surface area (Å²) in [7, 11) is 0. The third kappa shape index (κ3) is 4.01. The number of hydrogen-bond donors (Lipinski definition) is 1. The highest BCUT2D eigenvalue weighted by atomic mass is 35.5. The van der Waals surface area contributed by atoms with Crippen LogP contribution in [0.2, 0.25) is 10.0 Å². The maximum absolute atomic E-state index is 10.6. The maximum Gasteiger partial charge on any atom is 0.272 e. The molecule has 18 heavy (non-hydrogen) atoms. The molecule has 1 aromatic rings. The lowest BCUT2D eigenvalue weighted by molar-refractivity contribution is -0.384. The smallest absolute Gasteiger partial charge is 0.272 e. The van der Waals surface area contributed by atoms with E-state index in [1.807, 2.05) is 13.8 Å². The summed E-state index contributed by atoms with van der Waals surface area (Å²) in [5, 5.41) is 14.1. The molecule has 0 heterocycles. The molecule has 1 N–H and O–H groups in total. The van der Waals surface area contributed by atoms with E-state index in [4.69, 9.17) is 27.9 Å². The Morgan fingerprint density at radius 2 is 2.00 bits per heavy atom. The Bertz CT molecular complexity index is 417. The molecule has 1 aromatic carbocycles. The van der Waals surface area contributed by atoms with Crippen LogP contribution in [-0.2, 0) is 4.74 Å². The number of non-ortho nitro benzene ring substituents is 1. The van der Waals surface area contributed by atoms with E-state index >= 15 is 0 Å². The molecule has 0 amide bonds. The number of nitro groups is 1. The maximum atomic E-state index is 10.6. The predicted octanol–water partition coefficient (Wildman–Crippen LogP) is 3.74. The van der Waals surface area contributed by atoms with Crippen LogP contribution in [0.15, 0.2) is 12.1 Å². The van der Waals surface area contributed by atoms with E-state index in [9.17, 15) is 10.1 Å². The third-order valence-corrected chi connectivity index (χ3v) is 2.80. The quantitative estimate of drug-likeness (QED) is 0.641. The van der Waals surface area contributed by atoms with Crippen LogP contribution in [0.4, 0.5) is 11.4 Å². The molecule has 0 saturated carbocycles. The Balaban J connectivity index is 2.86. The van der Waals surface area contributed by atoms with E-state index in [1.54, 1.807) is 0 Å². The molecule has 0 bridgehead atoms. The Hall–Kier alpha value is -1.04. The van der Waals surface area contributed by atoms with Crippen molar-refractivity contribution in [1.82, 2.24) is 0 Å². The Morgan fingerprint density at radius 3 is 2.44 bits per heavy atom. The van der Waals surface area contributed by atoms with Gasteiger partial charge in [0.05, 0.1) is 27.3 Å². The van der Waals surface area contributed by atoms with Gasteiger partial charge in [0, 0.05) is 24.8 Å². The summed E-state index contributed by atoms with van der Waals surface area (Å²) in [6.07, 6.45) is 0. The lowest BCUT2D eigenvalue weighted by Crippen LogP contribution is -2.22. The van der Waals surface area contributed by atoms with Gasteiger partial charge >= 0.3 is 0 Å². The van der Waals surface area contributed by atoms with Gasteiger partial charge in [-0.1, -0.05) is 23.2 Å².